The number of hydrogen-bond donors (Lipinski definition) is 0. The van der Waals surface area contributed by atoms with Gasteiger partial charge in [0.15, 0.2) is 0 Å². The first-order valence-corrected chi connectivity index (χ1v) is 14.4. The van der Waals surface area contributed by atoms with Gasteiger partial charge in [-0.3, -0.25) is 0 Å². The van der Waals surface area contributed by atoms with E-state index in [-0.39, 0.29) is 9.79 Å². The van der Waals surface area contributed by atoms with Crippen LogP contribution in [0.1, 0.15) is 6.92 Å². The van der Waals surface area contributed by atoms with Gasteiger partial charge < -0.3 is 0 Å². The average Bonchev–Trinajstić information content (AvgIpc) is 2.74. The normalized spacial score (nSPS) is 12.4. The molecule has 3 aromatic rings. The van der Waals surface area contributed by atoms with Crippen LogP contribution in [0.5, 0.6) is 0 Å². The fourth-order valence-corrected chi connectivity index (χ4v) is 13.8. The molecule has 0 bridgehead atoms. The molecule has 0 aromatic heterocycles. The Balaban J connectivity index is 2.30. The number of rotatable bonds is 7. The number of carbonyl (C=O) groups excluding carboxylic acids is 1. The number of sulfonamides is 2. The van der Waals surface area contributed by atoms with Crippen LogP contribution in [-0.2, 0) is 27.9 Å². The molecule has 0 N–H and O–H groups in total. The quantitative estimate of drug-likeness (QED) is 0.323. The molecule has 158 valence electrons. The summed E-state index contributed by atoms with van der Waals surface area (Å²) in [5.41, 5.74) is 0. The van der Waals surface area contributed by atoms with Gasteiger partial charge in [-0.05, 0) is 0 Å². The van der Waals surface area contributed by atoms with Gasteiger partial charge in [-0.25, -0.2) is 0 Å². The Labute approximate surface area is 183 Å². The maximum absolute atomic E-state index is 13.5. The number of benzene rings is 3. The molecule has 0 saturated carbocycles. The number of halogens is 1. The van der Waals surface area contributed by atoms with Crippen molar-refractivity contribution >= 4 is 46.5 Å². The van der Waals surface area contributed by atoms with Crippen molar-refractivity contribution in [2.45, 2.75) is 16.7 Å². The Morgan fingerprint density at radius 3 is 1.43 bits per heavy atom. The SMILES string of the molecule is CC(=O)OI(c1ccccc1)N(S(=O)(=O)c1ccccc1)S(=O)(=O)c1ccccc1. The van der Waals surface area contributed by atoms with Crippen LogP contribution in [0.2, 0.25) is 0 Å². The van der Waals surface area contributed by atoms with E-state index < -0.39 is 46.5 Å². The summed E-state index contributed by atoms with van der Waals surface area (Å²) in [6.07, 6.45) is 0. The second-order valence-electron chi connectivity index (χ2n) is 5.88. The van der Waals surface area contributed by atoms with Crippen molar-refractivity contribution in [2.24, 2.45) is 0 Å². The Hall–Kier alpha value is -2.28. The first kappa shape index (κ1) is 22.4. The van der Waals surface area contributed by atoms with Crippen LogP contribution in [0.3, 0.4) is 0 Å². The molecular formula is C20H18INO6S2. The number of nitrogens with zero attached hydrogens (tertiary/aromatic N) is 1. The van der Waals surface area contributed by atoms with Gasteiger partial charge in [0.05, 0.1) is 0 Å². The van der Waals surface area contributed by atoms with Gasteiger partial charge in [0, 0.05) is 0 Å². The fourth-order valence-electron chi connectivity index (χ4n) is 2.42. The van der Waals surface area contributed by atoms with E-state index in [2.05, 4.69) is 0 Å². The molecule has 0 heterocycles. The molecule has 0 aliphatic heterocycles. The van der Waals surface area contributed by atoms with Crippen LogP contribution < -0.4 is 0 Å². The van der Waals surface area contributed by atoms with Crippen LogP contribution in [0.15, 0.2) is 101 Å². The summed E-state index contributed by atoms with van der Waals surface area (Å²) in [5.74, 6) is -0.763. The zero-order chi connectivity index (χ0) is 21.8. The zero-order valence-electron chi connectivity index (χ0n) is 15.8. The predicted molar refractivity (Wildman–Crippen MR) is 120 cm³/mol. The van der Waals surface area contributed by atoms with Crippen LogP contribution in [0.25, 0.3) is 0 Å². The van der Waals surface area contributed by atoms with Gasteiger partial charge in [0.25, 0.3) is 0 Å². The van der Waals surface area contributed by atoms with E-state index in [9.17, 15) is 21.6 Å². The van der Waals surface area contributed by atoms with Crippen molar-refractivity contribution in [3.05, 3.63) is 94.6 Å². The number of carbonyl (C=O) groups is 1. The van der Waals surface area contributed by atoms with Gasteiger partial charge in [0.2, 0.25) is 0 Å². The zero-order valence-corrected chi connectivity index (χ0v) is 19.5. The van der Waals surface area contributed by atoms with Gasteiger partial charge in [0.1, 0.15) is 0 Å². The Morgan fingerprint density at radius 1 is 0.700 bits per heavy atom. The average molecular weight is 559 g/mol. The molecular weight excluding hydrogens is 541 g/mol. The second-order valence-corrected chi connectivity index (χ2v) is 15.0. The van der Waals surface area contributed by atoms with E-state index >= 15 is 0 Å². The molecule has 0 amide bonds. The summed E-state index contributed by atoms with van der Waals surface area (Å²) in [4.78, 5) is 11.4. The summed E-state index contributed by atoms with van der Waals surface area (Å²) in [5, 5.41) is 0. The summed E-state index contributed by atoms with van der Waals surface area (Å²) >= 11 is -3.78. The van der Waals surface area contributed by atoms with Gasteiger partial charge in [-0.1, -0.05) is 0 Å². The fraction of sp³-hybridized carbons (Fsp3) is 0.0500. The van der Waals surface area contributed by atoms with E-state index in [1.54, 1.807) is 42.5 Å². The first-order chi connectivity index (χ1) is 14.2. The number of hydrogen-bond acceptors (Lipinski definition) is 6. The Kier molecular flexibility index (Phi) is 6.91. The van der Waals surface area contributed by atoms with Crippen LogP contribution in [-0.4, -0.2) is 24.7 Å². The van der Waals surface area contributed by atoms with Crippen LogP contribution in [0, 0.1) is 3.57 Å². The summed E-state index contributed by atoms with van der Waals surface area (Å²) in [6.45, 7) is 1.12. The van der Waals surface area contributed by atoms with Crippen molar-refractivity contribution in [3.8, 4) is 0 Å². The standard InChI is InChI=1S/C20H18INO6S2/c1-17(23)28-21(18-11-5-2-6-12-18)22(29(24,25)19-13-7-3-8-14-19)30(26,27)20-15-9-4-10-16-20/h2-16H,1H3. The predicted octanol–water partition coefficient (Wildman–Crippen LogP) is 3.84. The van der Waals surface area contributed by atoms with Crippen LogP contribution >= 0.6 is 20.5 Å². The van der Waals surface area contributed by atoms with Gasteiger partial charge >= 0.3 is 184 Å². The molecule has 0 atom stereocenters. The van der Waals surface area contributed by atoms with Crippen molar-refractivity contribution < 1.29 is 24.7 Å². The summed E-state index contributed by atoms with van der Waals surface area (Å²) in [6, 6.07) is 22.5. The maximum atomic E-state index is 13.5. The molecule has 3 aromatic carbocycles. The molecule has 10 heteroatoms. The van der Waals surface area contributed by atoms with Crippen LogP contribution in [0.4, 0.5) is 0 Å². The minimum atomic E-state index is -4.56. The second kappa shape index (κ2) is 9.25. The molecule has 0 saturated heterocycles. The van der Waals surface area contributed by atoms with E-state index in [0.29, 0.717) is 5.49 Å². The molecule has 0 aliphatic rings. The molecule has 0 radical (unpaired) electrons. The van der Waals surface area contributed by atoms with Crippen molar-refractivity contribution in [1.82, 2.24) is 1.92 Å². The van der Waals surface area contributed by atoms with E-state index in [4.69, 9.17) is 3.07 Å². The molecule has 7 nitrogen and oxygen atoms in total. The summed E-state index contributed by atoms with van der Waals surface area (Å²) < 4.78 is 60.3. The molecule has 0 unspecified atom stereocenters. The Bertz CT molecular complexity index is 1150. The third-order valence-corrected chi connectivity index (χ3v) is 15.7. The van der Waals surface area contributed by atoms with Gasteiger partial charge in [-0.2, -0.15) is 0 Å². The molecule has 0 fully saturated rings. The van der Waals surface area contributed by atoms with Gasteiger partial charge in [-0.15, -0.1) is 0 Å². The minimum absolute atomic E-state index is 0.213. The van der Waals surface area contributed by atoms with Crippen molar-refractivity contribution in [1.29, 1.82) is 0 Å². The third kappa shape index (κ3) is 4.72. The molecule has 3 rings (SSSR count). The van der Waals surface area contributed by atoms with Crippen molar-refractivity contribution in [3.63, 3.8) is 0 Å². The molecule has 0 spiro atoms. The molecule has 30 heavy (non-hydrogen) atoms. The van der Waals surface area contributed by atoms with E-state index in [1.807, 2.05) is 0 Å². The summed E-state index contributed by atoms with van der Waals surface area (Å²) in [7, 11) is -9.12. The van der Waals surface area contributed by atoms with E-state index in [0.717, 1.165) is 6.92 Å². The third-order valence-electron chi connectivity index (χ3n) is 3.69. The monoisotopic (exact) mass is 559 g/mol. The van der Waals surface area contributed by atoms with E-state index in [1.165, 1.54) is 48.5 Å². The molecule has 0 aliphatic carbocycles. The topological polar surface area (TPSA) is 97.8 Å². The Morgan fingerprint density at radius 2 is 1.07 bits per heavy atom. The van der Waals surface area contributed by atoms with Crippen molar-refractivity contribution in [2.75, 3.05) is 0 Å². The first-order valence-electron chi connectivity index (χ1n) is 8.59.